The van der Waals surface area contributed by atoms with Gasteiger partial charge < -0.3 is 5.11 Å². The van der Waals surface area contributed by atoms with Crippen LogP contribution >= 0.6 is 15.9 Å². The Morgan fingerprint density at radius 2 is 2.20 bits per heavy atom. The molecule has 2 aromatic rings. The Balaban J connectivity index is 2.09. The molecule has 1 aromatic carbocycles. The number of hydrogen-bond donors (Lipinski definition) is 3. The summed E-state index contributed by atoms with van der Waals surface area (Å²) in [5.74, 6) is 0.607. The second-order valence-corrected chi connectivity index (χ2v) is 6.59. The minimum absolute atomic E-state index is 0.0987. The maximum absolute atomic E-state index is 12.2. The molecular weight excluding hydrogens is 348 g/mol. The first-order valence-corrected chi connectivity index (χ1v) is 8.04. The third-order valence-corrected chi connectivity index (χ3v) is 5.04. The van der Waals surface area contributed by atoms with Crippen molar-refractivity contribution < 1.29 is 13.5 Å². The second-order valence-electron chi connectivity index (χ2n) is 4.00. The fraction of sp³-hybridized carbons (Fsp3) is 0.273. The predicted molar refractivity (Wildman–Crippen MR) is 75.3 cm³/mol. The van der Waals surface area contributed by atoms with E-state index in [0.29, 0.717) is 22.3 Å². The van der Waals surface area contributed by atoms with Crippen LogP contribution in [0.25, 0.3) is 0 Å². The van der Waals surface area contributed by atoms with Gasteiger partial charge in [-0.05, 0) is 33.6 Å². The van der Waals surface area contributed by atoms with E-state index in [-0.39, 0.29) is 18.0 Å². The maximum Gasteiger partial charge on any atom is 0.241 e. The minimum Gasteiger partial charge on any atom is -0.392 e. The summed E-state index contributed by atoms with van der Waals surface area (Å²) in [6.07, 6.45) is 1.78. The summed E-state index contributed by atoms with van der Waals surface area (Å²) in [5, 5.41) is 15.4. The number of aliphatic hydroxyl groups is 1. The Labute approximate surface area is 124 Å². The molecule has 1 heterocycles. The number of halogens is 1. The van der Waals surface area contributed by atoms with E-state index in [1.807, 2.05) is 0 Å². The molecule has 0 fully saturated rings. The van der Waals surface area contributed by atoms with Crippen LogP contribution in [0.2, 0.25) is 0 Å². The van der Waals surface area contributed by atoms with Crippen molar-refractivity contribution in [2.45, 2.75) is 17.9 Å². The number of aromatic amines is 1. The van der Waals surface area contributed by atoms with Crippen LogP contribution in [0.15, 0.2) is 33.9 Å². The SMILES string of the molecule is O=S(=O)(NCCc1ncn[nH]1)c1cc(CO)ccc1Br. The normalized spacial score (nSPS) is 11.7. The summed E-state index contributed by atoms with van der Waals surface area (Å²) in [7, 11) is -3.65. The quantitative estimate of drug-likeness (QED) is 0.698. The van der Waals surface area contributed by atoms with E-state index in [1.54, 1.807) is 12.1 Å². The molecule has 0 bridgehead atoms. The molecule has 108 valence electrons. The summed E-state index contributed by atoms with van der Waals surface area (Å²) < 4.78 is 27.3. The zero-order valence-corrected chi connectivity index (χ0v) is 12.8. The van der Waals surface area contributed by atoms with Gasteiger partial charge in [0.05, 0.1) is 11.5 Å². The molecule has 0 aliphatic rings. The molecule has 7 nitrogen and oxygen atoms in total. The van der Waals surface area contributed by atoms with Crippen molar-refractivity contribution in [3.8, 4) is 0 Å². The lowest BCUT2D eigenvalue weighted by atomic mass is 10.2. The van der Waals surface area contributed by atoms with Crippen molar-refractivity contribution in [3.05, 3.63) is 40.4 Å². The third kappa shape index (κ3) is 3.63. The summed E-state index contributed by atoms with van der Waals surface area (Å²) in [6.45, 7) is -0.0127. The van der Waals surface area contributed by atoms with Crippen molar-refractivity contribution >= 4 is 26.0 Å². The van der Waals surface area contributed by atoms with Gasteiger partial charge >= 0.3 is 0 Å². The van der Waals surface area contributed by atoms with Gasteiger partial charge in [-0.2, -0.15) is 5.10 Å². The fourth-order valence-corrected chi connectivity index (χ4v) is 3.63. The number of sulfonamides is 1. The first kappa shape index (κ1) is 15.1. The highest BCUT2D eigenvalue weighted by Crippen LogP contribution is 2.23. The first-order valence-electron chi connectivity index (χ1n) is 5.76. The van der Waals surface area contributed by atoms with Crippen LogP contribution in [0.5, 0.6) is 0 Å². The molecule has 0 saturated carbocycles. The molecule has 0 aliphatic carbocycles. The fourth-order valence-electron chi connectivity index (χ4n) is 1.58. The highest BCUT2D eigenvalue weighted by atomic mass is 79.9. The second kappa shape index (κ2) is 6.44. The Bertz CT molecular complexity index is 673. The topological polar surface area (TPSA) is 108 Å². The lowest BCUT2D eigenvalue weighted by Gasteiger charge is -2.09. The van der Waals surface area contributed by atoms with Crippen molar-refractivity contribution in [1.82, 2.24) is 19.9 Å². The predicted octanol–water partition coefficient (Wildman–Crippen LogP) is 0.580. The average Bonchev–Trinajstić information content (AvgIpc) is 2.92. The third-order valence-electron chi connectivity index (χ3n) is 2.59. The van der Waals surface area contributed by atoms with E-state index in [4.69, 9.17) is 5.11 Å². The summed E-state index contributed by atoms with van der Waals surface area (Å²) in [4.78, 5) is 4.01. The molecule has 0 aliphatic heterocycles. The number of nitrogens with zero attached hydrogens (tertiary/aromatic N) is 2. The van der Waals surface area contributed by atoms with Gasteiger partial charge in [-0.15, -0.1) is 0 Å². The van der Waals surface area contributed by atoms with Gasteiger partial charge in [0.15, 0.2) is 0 Å². The number of rotatable bonds is 6. The molecule has 9 heteroatoms. The van der Waals surface area contributed by atoms with Crippen LogP contribution in [0.4, 0.5) is 0 Å². The van der Waals surface area contributed by atoms with Crippen molar-refractivity contribution in [1.29, 1.82) is 0 Å². The minimum atomic E-state index is -3.65. The van der Waals surface area contributed by atoms with Crippen LogP contribution < -0.4 is 4.72 Å². The molecule has 3 N–H and O–H groups in total. The number of aliphatic hydroxyl groups excluding tert-OH is 1. The smallest absolute Gasteiger partial charge is 0.241 e. The zero-order valence-electron chi connectivity index (χ0n) is 10.4. The first-order chi connectivity index (χ1) is 9.53. The molecule has 1 aromatic heterocycles. The van der Waals surface area contributed by atoms with Gasteiger partial charge in [0.25, 0.3) is 0 Å². The van der Waals surface area contributed by atoms with Gasteiger partial charge in [0.2, 0.25) is 10.0 Å². The Hall–Kier alpha value is -1.29. The zero-order chi connectivity index (χ0) is 14.6. The number of hydrogen-bond acceptors (Lipinski definition) is 5. The molecule has 0 amide bonds. The lowest BCUT2D eigenvalue weighted by Crippen LogP contribution is -2.26. The Kier molecular flexibility index (Phi) is 4.86. The number of aromatic nitrogens is 3. The lowest BCUT2D eigenvalue weighted by molar-refractivity contribution is 0.281. The van der Waals surface area contributed by atoms with Crippen LogP contribution in [-0.4, -0.2) is 35.3 Å². The van der Waals surface area contributed by atoms with Crippen molar-refractivity contribution in [2.24, 2.45) is 0 Å². The Morgan fingerprint density at radius 1 is 1.40 bits per heavy atom. The average molecular weight is 361 g/mol. The molecule has 0 unspecified atom stereocenters. The van der Waals surface area contributed by atoms with Gasteiger partial charge in [-0.1, -0.05) is 6.07 Å². The number of benzene rings is 1. The molecule has 0 atom stereocenters. The monoisotopic (exact) mass is 360 g/mol. The molecular formula is C11H13BrN4O3S. The van der Waals surface area contributed by atoms with E-state index in [9.17, 15) is 8.42 Å². The molecule has 20 heavy (non-hydrogen) atoms. The van der Waals surface area contributed by atoms with E-state index in [1.165, 1.54) is 12.4 Å². The van der Waals surface area contributed by atoms with Crippen LogP contribution in [-0.2, 0) is 23.1 Å². The summed E-state index contributed by atoms with van der Waals surface area (Å²) >= 11 is 3.20. The number of H-pyrrole nitrogens is 1. The summed E-state index contributed by atoms with van der Waals surface area (Å²) in [5.41, 5.74) is 0.531. The molecule has 0 saturated heterocycles. The highest BCUT2D eigenvalue weighted by molar-refractivity contribution is 9.10. The van der Waals surface area contributed by atoms with Gasteiger partial charge in [-0.3, -0.25) is 5.10 Å². The van der Waals surface area contributed by atoms with Gasteiger partial charge in [0, 0.05) is 17.4 Å². The van der Waals surface area contributed by atoms with E-state index in [0.717, 1.165) is 0 Å². The van der Waals surface area contributed by atoms with Crippen molar-refractivity contribution in [3.63, 3.8) is 0 Å². The highest BCUT2D eigenvalue weighted by Gasteiger charge is 2.17. The number of nitrogens with one attached hydrogen (secondary N) is 2. The van der Waals surface area contributed by atoms with Crippen LogP contribution in [0, 0.1) is 0 Å². The summed E-state index contributed by atoms with van der Waals surface area (Å²) in [6, 6.07) is 4.68. The van der Waals surface area contributed by atoms with Crippen LogP contribution in [0.1, 0.15) is 11.4 Å². The van der Waals surface area contributed by atoms with Crippen molar-refractivity contribution in [2.75, 3.05) is 6.54 Å². The van der Waals surface area contributed by atoms with Crippen LogP contribution in [0.3, 0.4) is 0 Å². The molecule has 2 rings (SSSR count). The van der Waals surface area contributed by atoms with Gasteiger partial charge in [0.1, 0.15) is 12.2 Å². The molecule has 0 spiro atoms. The van der Waals surface area contributed by atoms with E-state index in [2.05, 4.69) is 35.8 Å². The van der Waals surface area contributed by atoms with E-state index < -0.39 is 10.0 Å². The van der Waals surface area contributed by atoms with E-state index >= 15 is 0 Å². The molecule has 0 radical (unpaired) electrons. The van der Waals surface area contributed by atoms with Gasteiger partial charge in [-0.25, -0.2) is 18.1 Å². The standard InChI is InChI=1S/C11H13BrN4O3S/c12-9-2-1-8(6-17)5-10(9)20(18,19)15-4-3-11-13-7-14-16-11/h1-2,5,7,15,17H,3-4,6H2,(H,13,14,16). The largest absolute Gasteiger partial charge is 0.392 e. The maximum atomic E-state index is 12.2. The Morgan fingerprint density at radius 3 is 2.85 bits per heavy atom.